The van der Waals surface area contributed by atoms with E-state index in [4.69, 9.17) is 21.6 Å². The maximum atomic E-state index is 13.0. The molecule has 0 atom stereocenters. The van der Waals surface area contributed by atoms with Crippen LogP contribution in [0.4, 0.5) is 10.1 Å². The zero-order chi connectivity index (χ0) is 10.9. The van der Waals surface area contributed by atoms with Crippen molar-refractivity contribution in [1.29, 1.82) is 0 Å². The van der Waals surface area contributed by atoms with Gasteiger partial charge in [0.1, 0.15) is 5.82 Å². The number of halogens is 2. The number of nitro groups is 1. The van der Waals surface area contributed by atoms with Gasteiger partial charge in [0.15, 0.2) is 0 Å². The molecule has 1 aromatic carbocycles. The van der Waals surface area contributed by atoms with Crippen molar-refractivity contribution in [3.05, 3.63) is 33.1 Å². The summed E-state index contributed by atoms with van der Waals surface area (Å²) in [6, 6.07) is 1.51. The molecule has 0 fully saturated rings. The van der Waals surface area contributed by atoms with Crippen molar-refractivity contribution in [1.82, 2.24) is 0 Å². The molecule has 0 heterocycles. The molecule has 5 nitrogen and oxygen atoms in total. The van der Waals surface area contributed by atoms with Crippen molar-refractivity contribution < 1.29 is 19.4 Å². The summed E-state index contributed by atoms with van der Waals surface area (Å²) in [5.74, 6) is -1.08. The lowest BCUT2D eigenvalue weighted by molar-refractivity contribution is -0.384. The second-order valence-corrected chi connectivity index (χ2v) is 2.87. The molecule has 0 aliphatic heterocycles. The fourth-order valence-electron chi connectivity index (χ4n) is 0.889. The Balaban J connectivity index is 3.35. The molecule has 0 aromatic heterocycles. The van der Waals surface area contributed by atoms with Crippen LogP contribution in [0, 0.1) is 15.9 Å². The highest BCUT2D eigenvalue weighted by Crippen LogP contribution is 2.19. The van der Waals surface area contributed by atoms with Crippen LogP contribution in [0.25, 0.3) is 0 Å². The molecule has 2 N–H and O–H groups in total. The highest BCUT2D eigenvalue weighted by atomic mass is 35.5. The summed E-state index contributed by atoms with van der Waals surface area (Å²) in [7, 11) is -2.13. The highest BCUT2D eigenvalue weighted by molar-refractivity contribution is 6.59. The number of benzene rings is 1. The summed E-state index contributed by atoms with van der Waals surface area (Å²) < 4.78 is 13.0. The minimum atomic E-state index is -2.13. The van der Waals surface area contributed by atoms with Crippen LogP contribution in [-0.4, -0.2) is 22.1 Å². The Bertz CT molecular complexity index is 386. The van der Waals surface area contributed by atoms with E-state index in [-0.39, 0.29) is 0 Å². The molecule has 0 bridgehead atoms. The van der Waals surface area contributed by atoms with Gasteiger partial charge < -0.3 is 10.0 Å². The Morgan fingerprint density at radius 1 is 1.50 bits per heavy atom. The summed E-state index contributed by atoms with van der Waals surface area (Å²) in [6.45, 7) is 0. The van der Waals surface area contributed by atoms with E-state index in [1.807, 2.05) is 0 Å². The average molecular weight is 219 g/mol. The lowest BCUT2D eigenvalue weighted by Gasteiger charge is -2.02. The first-order chi connectivity index (χ1) is 6.43. The maximum absolute atomic E-state index is 13.0. The van der Waals surface area contributed by atoms with Crippen molar-refractivity contribution in [3.63, 3.8) is 0 Å². The predicted octanol–water partition coefficient (Wildman–Crippen LogP) is 0.0671. The first kappa shape index (κ1) is 10.9. The van der Waals surface area contributed by atoms with Crippen LogP contribution in [0.2, 0.25) is 5.02 Å². The predicted molar refractivity (Wildman–Crippen MR) is 47.9 cm³/mol. The van der Waals surface area contributed by atoms with Gasteiger partial charge in [-0.1, -0.05) is 11.6 Å². The fraction of sp³-hybridized carbons (Fsp3) is 0. The number of hydrogen-bond donors (Lipinski definition) is 2. The van der Waals surface area contributed by atoms with Gasteiger partial charge in [-0.2, -0.15) is 0 Å². The zero-order valence-corrected chi connectivity index (χ0v) is 7.40. The van der Waals surface area contributed by atoms with E-state index in [0.29, 0.717) is 6.07 Å². The Labute approximate surface area is 83.0 Å². The molecule has 0 aliphatic rings. The maximum Gasteiger partial charge on any atom is 0.491 e. The molecule has 74 valence electrons. The molecule has 1 aromatic rings. The number of rotatable bonds is 2. The monoisotopic (exact) mass is 219 g/mol. The quantitative estimate of drug-likeness (QED) is 0.419. The molecule has 0 unspecified atom stereocenters. The van der Waals surface area contributed by atoms with Crippen molar-refractivity contribution in [3.8, 4) is 0 Å². The van der Waals surface area contributed by atoms with Gasteiger partial charge in [-0.05, 0) is 0 Å². The minimum Gasteiger partial charge on any atom is -0.423 e. The third-order valence-corrected chi connectivity index (χ3v) is 1.81. The lowest BCUT2D eigenvalue weighted by Crippen LogP contribution is -2.33. The summed E-state index contributed by atoms with van der Waals surface area (Å²) in [4.78, 5) is 9.49. The first-order valence-corrected chi connectivity index (χ1v) is 3.80. The Kier molecular flexibility index (Phi) is 3.05. The first-order valence-electron chi connectivity index (χ1n) is 3.43. The van der Waals surface area contributed by atoms with Crippen molar-refractivity contribution in [2.75, 3.05) is 0 Å². The molecule has 0 saturated heterocycles. The summed E-state index contributed by atoms with van der Waals surface area (Å²) >= 11 is 5.31. The average Bonchev–Trinajstić information content (AvgIpc) is 2.08. The smallest absolute Gasteiger partial charge is 0.423 e. The Hall–Kier alpha value is -1.18. The van der Waals surface area contributed by atoms with Gasteiger partial charge in [-0.3, -0.25) is 10.1 Å². The fourth-order valence-corrected chi connectivity index (χ4v) is 1.11. The molecule has 0 saturated carbocycles. The molecule has 0 spiro atoms. The molecular formula is C6H4BClFNO4. The number of hydrogen-bond acceptors (Lipinski definition) is 4. The third kappa shape index (κ3) is 2.01. The summed E-state index contributed by atoms with van der Waals surface area (Å²) in [5, 5.41) is 27.1. The number of nitro benzene ring substituents is 1. The number of non-ortho nitro benzene ring substituents is 1. The lowest BCUT2D eigenvalue weighted by atomic mass is 9.79. The molecule has 0 radical (unpaired) electrons. The van der Waals surface area contributed by atoms with E-state index in [1.165, 1.54) is 0 Å². The Morgan fingerprint density at radius 2 is 2.07 bits per heavy atom. The second-order valence-electron chi connectivity index (χ2n) is 2.46. The van der Waals surface area contributed by atoms with Gasteiger partial charge in [-0.15, -0.1) is 0 Å². The minimum absolute atomic E-state index is 0.500. The van der Waals surface area contributed by atoms with Gasteiger partial charge >= 0.3 is 7.12 Å². The molecule has 14 heavy (non-hydrogen) atoms. The standard InChI is InChI=1S/C6H4BClFNO4/c8-5-2-3(10(13)14)1-4(6(5)9)7(11)12/h1-2,11-12H. The van der Waals surface area contributed by atoms with Gasteiger partial charge in [0.05, 0.1) is 9.95 Å². The van der Waals surface area contributed by atoms with E-state index in [9.17, 15) is 14.5 Å². The molecular weight excluding hydrogens is 215 g/mol. The van der Waals surface area contributed by atoms with Crippen LogP contribution in [-0.2, 0) is 0 Å². The van der Waals surface area contributed by atoms with Crippen LogP contribution >= 0.6 is 11.6 Å². The third-order valence-electron chi connectivity index (χ3n) is 1.53. The van der Waals surface area contributed by atoms with Gasteiger partial charge in [0, 0.05) is 17.6 Å². The molecule has 8 heteroatoms. The van der Waals surface area contributed by atoms with Gasteiger partial charge in [-0.25, -0.2) is 4.39 Å². The van der Waals surface area contributed by atoms with Crippen LogP contribution < -0.4 is 5.46 Å². The Morgan fingerprint density at radius 3 is 2.50 bits per heavy atom. The van der Waals surface area contributed by atoms with E-state index >= 15 is 0 Å². The highest BCUT2D eigenvalue weighted by Gasteiger charge is 2.23. The van der Waals surface area contributed by atoms with Gasteiger partial charge in [0.2, 0.25) is 0 Å². The zero-order valence-electron chi connectivity index (χ0n) is 6.65. The van der Waals surface area contributed by atoms with Crippen molar-refractivity contribution >= 4 is 29.9 Å². The SMILES string of the molecule is O=[N+]([O-])c1cc(Cl)c(F)c(B(O)O)c1. The van der Waals surface area contributed by atoms with E-state index in [2.05, 4.69) is 0 Å². The van der Waals surface area contributed by atoms with Gasteiger partial charge in [0.25, 0.3) is 5.69 Å². The van der Waals surface area contributed by atoms with Crippen LogP contribution in [0.1, 0.15) is 0 Å². The van der Waals surface area contributed by atoms with E-state index in [1.54, 1.807) is 0 Å². The summed E-state index contributed by atoms with van der Waals surface area (Å²) in [6.07, 6.45) is 0. The molecule has 1 rings (SSSR count). The topological polar surface area (TPSA) is 83.6 Å². The normalized spacial score (nSPS) is 10.0. The largest absolute Gasteiger partial charge is 0.491 e. The molecule has 0 aliphatic carbocycles. The second kappa shape index (κ2) is 3.91. The van der Waals surface area contributed by atoms with E-state index in [0.717, 1.165) is 6.07 Å². The van der Waals surface area contributed by atoms with Crippen molar-refractivity contribution in [2.45, 2.75) is 0 Å². The van der Waals surface area contributed by atoms with Crippen LogP contribution in [0.5, 0.6) is 0 Å². The van der Waals surface area contributed by atoms with Crippen molar-refractivity contribution in [2.24, 2.45) is 0 Å². The van der Waals surface area contributed by atoms with Crippen LogP contribution in [0.15, 0.2) is 12.1 Å². The van der Waals surface area contributed by atoms with E-state index < -0.39 is 34.0 Å². The number of nitrogens with zero attached hydrogens (tertiary/aromatic N) is 1. The molecule has 0 amide bonds. The van der Waals surface area contributed by atoms with Crippen LogP contribution in [0.3, 0.4) is 0 Å². The summed E-state index contributed by atoms with van der Waals surface area (Å²) in [5.41, 5.74) is -1.12.